The zero-order valence-electron chi connectivity index (χ0n) is 9.40. The second-order valence-electron chi connectivity index (χ2n) is 3.78. The maximum Gasteiger partial charge on any atom is 0.351 e. The molecular weight excluding hydrogens is 281 g/mol. The molecule has 1 fully saturated rings. The average molecular weight is 293 g/mol. The highest BCUT2D eigenvalue weighted by molar-refractivity contribution is 7.39. The SMILES string of the molecule is Nc1ccn(C2OC(OP(O)O)C(O)C2O)c(=O)n1. The van der Waals surface area contributed by atoms with Crippen LogP contribution in [0, 0.1) is 0 Å². The summed E-state index contributed by atoms with van der Waals surface area (Å²) in [7, 11) is -2.78. The molecule has 2 heterocycles. The van der Waals surface area contributed by atoms with Crippen LogP contribution in [0.15, 0.2) is 17.1 Å². The van der Waals surface area contributed by atoms with E-state index in [4.69, 9.17) is 20.3 Å². The molecule has 0 aromatic carbocycles. The third-order valence-corrected chi connectivity index (χ3v) is 2.91. The molecule has 11 heteroatoms. The Kier molecular flexibility index (Phi) is 4.11. The Morgan fingerprint density at radius 1 is 1.42 bits per heavy atom. The Bertz CT molecular complexity index is 509. The zero-order valence-corrected chi connectivity index (χ0v) is 10.3. The van der Waals surface area contributed by atoms with Crippen molar-refractivity contribution in [2.45, 2.75) is 24.7 Å². The van der Waals surface area contributed by atoms with E-state index in [1.54, 1.807) is 0 Å². The van der Waals surface area contributed by atoms with Gasteiger partial charge in [0.1, 0.15) is 18.0 Å². The van der Waals surface area contributed by atoms with Crippen LogP contribution in [0.2, 0.25) is 0 Å². The lowest BCUT2D eigenvalue weighted by atomic mass is 10.2. The van der Waals surface area contributed by atoms with Crippen molar-refractivity contribution >= 4 is 14.4 Å². The molecule has 6 N–H and O–H groups in total. The number of aromatic nitrogens is 2. The van der Waals surface area contributed by atoms with Gasteiger partial charge in [-0.3, -0.25) is 9.09 Å². The smallest absolute Gasteiger partial charge is 0.351 e. The van der Waals surface area contributed by atoms with Crippen LogP contribution in [0.5, 0.6) is 0 Å². The molecular formula is C8H12N3O7P. The van der Waals surface area contributed by atoms with E-state index in [9.17, 15) is 15.0 Å². The van der Waals surface area contributed by atoms with E-state index in [0.29, 0.717) is 0 Å². The van der Waals surface area contributed by atoms with Crippen LogP contribution in [-0.2, 0) is 9.26 Å². The first-order valence-electron chi connectivity index (χ1n) is 5.11. The number of hydrogen-bond donors (Lipinski definition) is 5. The van der Waals surface area contributed by atoms with Gasteiger partial charge in [-0.2, -0.15) is 4.98 Å². The van der Waals surface area contributed by atoms with Gasteiger partial charge >= 0.3 is 14.3 Å². The van der Waals surface area contributed by atoms with E-state index in [2.05, 4.69) is 9.51 Å². The molecule has 0 spiro atoms. The van der Waals surface area contributed by atoms with Crippen LogP contribution in [0.3, 0.4) is 0 Å². The standard InChI is InChI=1S/C8H12N3O7P/c9-3-1-2-11(8(14)10-3)6-4(12)5(13)7(17-6)18-19(15)16/h1-2,4-7,12-13,15-16H,(H2,9,10,14). The molecule has 10 nitrogen and oxygen atoms in total. The number of anilines is 1. The van der Waals surface area contributed by atoms with E-state index in [1.165, 1.54) is 12.3 Å². The number of nitrogens with two attached hydrogens (primary N) is 1. The minimum atomic E-state index is -2.78. The van der Waals surface area contributed by atoms with Crippen molar-refractivity contribution in [2.24, 2.45) is 0 Å². The van der Waals surface area contributed by atoms with Gasteiger partial charge in [-0.25, -0.2) is 4.79 Å². The Morgan fingerprint density at radius 3 is 2.68 bits per heavy atom. The molecule has 19 heavy (non-hydrogen) atoms. The van der Waals surface area contributed by atoms with Gasteiger partial charge in [0.15, 0.2) is 12.5 Å². The average Bonchev–Trinajstić information content (AvgIpc) is 2.57. The maximum absolute atomic E-state index is 11.6. The zero-order chi connectivity index (χ0) is 14.2. The molecule has 1 aliphatic rings. The fourth-order valence-electron chi connectivity index (χ4n) is 1.66. The predicted molar refractivity (Wildman–Crippen MR) is 61.3 cm³/mol. The topological polar surface area (TPSA) is 160 Å². The maximum atomic E-state index is 11.6. The fourth-order valence-corrected chi connectivity index (χ4v) is 2.02. The Balaban J connectivity index is 2.24. The summed E-state index contributed by atoms with van der Waals surface area (Å²) in [6.07, 6.45) is -4.54. The third-order valence-electron chi connectivity index (χ3n) is 2.52. The molecule has 1 aromatic rings. The summed E-state index contributed by atoms with van der Waals surface area (Å²) in [6.45, 7) is 0. The van der Waals surface area contributed by atoms with E-state index in [-0.39, 0.29) is 5.82 Å². The monoisotopic (exact) mass is 293 g/mol. The number of aliphatic hydroxyl groups excluding tert-OH is 2. The predicted octanol–water partition coefficient (Wildman–Crippen LogP) is -2.37. The van der Waals surface area contributed by atoms with Crippen molar-refractivity contribution in [2.75, 3.05) is 5.73 Å². The first-order chi connectivity index (χ1) is 8.90. The van der Waals surface area contributed by atoms with Crippen molar-refractivity contribution in [1.29, 1.82) is 0 Å². The molecule has 0 radical (unpaired) electrons. The summed E-state index contributed by atoms with van der Waals surface area (Å²) >= 11 is 0. The summed E-state index contributed by atoms with van der Waals surface area (Å²) < 4.78 is 10.5. The van der Waals surface area contributed by atoms with Gasteiger partial charge in [0.25, 0.3) is 0 Å². The van der Waals surface area contributed by atoms with Gasteiger partial charge in [-0.05, 0) is 6.07 Å². The Hall–Kier alpha value is -1.13. The van der Waals surface area contributed by atoms with Gasteiger partial charge < -0.3 is 30.5 Å². The number of nitrogen functional groups attached to an aromatic ring is 1. The Morgan fingerprint density at radius 2 is 2.11 bits per heavy atom. The molecule has 4 atom stereocenters. The molecule has 4 unspecified atom stereocenters. The summed E-state index contributed by atoms with van der Waals surface area (Å²) in [4.78, 5) is 32.4. The van der Waals surface area contributed by atoms with Gasteiger partial charge in [0, 0.05) is 6.20 Å². The molecule has 0 amide bonds. The largest absolute Gasteiger partial charge is 0.385 e. The van der Waals surface area contributed by atoms with Crippen LogP contribution >= 0.6 is 8.60 Å². The highest BCUT2D eigenvalue weighted by Crippen LogP contribution is 2.36. The summed E-state index contributed by atoms with van der Waals surface area (Å²) in [5.41, 5.74) is 4.53. The molecule has 2 rings (SSSR count). The van der Waals surface area contributed by atoms with Crippen LogP contribution in [0.4, 0.5) is 5.82 Å². The normalized spacial score (nSPS) is 31.0. The van der Waals surface area contributed by atoms with Crippen molar-refractivity contribution in [3.63, 3.8) is 0 Å². The first-order valence-corrected chi connectivity index (χ1v) is 6.27. The molecule has 0 aliphatic carbocycles. The van der Waals surface area contributed by atoms with Gasteiger partial charge in [-0.15, -0.1) is 0 Å². The van der Waals surface area contributed by atoms with Gasteiger partial charge in [0.2, 0.25) is 0 Å². The van der Waals surface area contributed by atoms with Gasteiger partial charge in [-0.1, -0.05) is 0 Å². The molecule has 1 aromatic heterocycles. The lowest BCUT2D eigenvalue weighted by Crippen LogP contribution is -2.35. The number of nitrogens with zero attached hydrogens (tertiary/aromatic N) is 2. The summed E-state index contributed by atoms with van der Waals surface area (Å²) in [5, 5.41) is 19.4. The van der Waals surface area contributed by atoms with E-state index >= 15 is 0 Å². The molecule has 106 valence electrons. The second kappa shape index (κ2) is 5.47. The minimum Gasteiger partial charge on any atom is -0.385 e. The van der Waals surface area contributed by atoms with E-state index in [1.807, 2.05) is 0 Å². The van der Waals surface area contributed by atoms with Crippen molar-refractivity contribution < 1.29 is 29.3 Å². The molecule has 1 saturated heterocycles. The molecule has 1 aliphatic heterocycles. The summed E-state index contributed by atoms with van der Waals surface area (Å²) in [5.74, 6) is -0.00341. The fraction of sp³-hybridized carbons (Fsp3) is 0.500. The minimum absolute atomic E-state index is 0.00341. The summed E-state index contributed by atoms with van der Waals surface area (Å²) in [6, 6.07) is 1.31. The van der Waals surface area contributed by atoms with Crippen molar-refractivity contribution in [3.8, 4) is 0 Å². The van der Waals surface area contributed by atoms with Crippen LogP contribution in [0.25, 0.3) is 0 Å². The quantitative estimate of drug-likeness (QED) is 0.383. The van der Waals surface area contributed by atoms with Crippen LogP contribution in [0.1, 0.15) is 6.23 Å². The van der Waals surface area contributed by atoms with Crippen LogP contribution < -0.4 is 11.4 Å². The van der Waals surface area contributed by atoms with E-state index in [0.717, 1.165) is 4.57 Å². The van der Waals surface area contributed by atoms with Crippen molar-refractivity contribution in [1.82, 2.24) is 9.55 Å². The third kappa shape index (κ3) is 2.90. The number of aliphatic hydroxyl groups is 2. The van der Waals surface area contributed by atoms with Gasteiger partial charge in [0.05, 0.1) is 0 Å². The number of rotatable bonds is 3. The van der Waals surface area contributed by atoms with E-state index < -0.39 is 39.0 Å². The Labute approximate surface area is 107 Å². The highest BCUT2D eigenvalue weighted by Gasteiger charge is 2.46. The lowest BCUT2D eigenvalue weighted by molar-refractivity contribution is -0.130. The number of hydrogen-bond acceptors (Lipinski definition) is 9. The highest BCUT2D eigenvalue weighted by atomic mass is 31.2. The van der Waals surface area contributed by atoms with Crippen LogP contribution in [-0.4, -0.2) is 48.0 Å². The molecule has 0 bridgehead atoms. The van der Waals surface area contributed by atoms with Crippen molar-refractivity contribution in [3.05, 3.63) is 22.7 Å². The number of ether oxygens (including phenoxy) is 1. The second-order valence-corrected chi connectivity index (χ2v) is 4.49. The first kappa shape index (κ1) is 14.3. The lowest BCUT2D eigenvalue weighted by Gasteiger charge is -2.16. The molecule has 0 saturated carbocycles.